The molecule has 0 atom stereocenters. The summed E-state index contributed by atoms with van der Waals surface area (Å²) in [6.07, 6.45) is 3.39. The van der Waals surface area contributed by atoms with E-state index in [9.17, 15) is 10.1 Å². The molecule has 132 valence electrons. The van der Waals surface area contributed by atoms with Crippen molar-refractivity contribution in [1.82, 2.24) is 4.68 Å². The molecule has 0 saturated carbocycles. The van der Waals surface area contributed by atoms with Crippen molar-refractivity contribution in [3.05, 3.63) is 78.7 Å². The molecule has 3 rings (SSSR count). The first-order valence-electron chi connectivity index (χ1n) is 7.45. The topological polar surface area (TPSA) is 72.8 Å². The molecule has 3 aromatic rings. The van der Waals surface area contributed by atoms with Crippen LogP contribution in [0.25, 0.3) is 10.6 Å². The Kier molecular flexibility index (Phi) is 5.92. The number of aromatic nitrogens is 1. The van der Waals surface area contributed by atoms with E-state index < -0.39 is 4.92 Å². The minimum atomic E-state index is -0.423. The number of nitro benzene ring substituents is 1. The number of nitro groups is 1. The van der Waals surface area contributed by atoms with Crippen molar-refractivity contribution in [2.75, 3.05) is 6.54 Å². The summed E-state index contributed by atoms with van der Waals surface area (Å²) in [5.74, 6) is 0. The highest BCUT2D eigenvalue weighted by molar-refractivity contribution is 9.11. The van der Waals surface area contributed by atoms with Crippen LogP contribution in [0.1, 0.15) is 5.56 Å². The maximum atomic E-state index is 10.8. The lowest BCUT2D eigenvalue weighted by Crippen LogP contribution is -2.12. The predicted molar refractivity (Wildman–Crippen MR) is 110 cm³/mol. The molecular formula is C17H13BrN4O2S2. The maximum absolute atomic E-state index is 10.8. The van der Waals surface area contributed by atoms with Gasteiger partial charge in [0.2, 0.25) is 4.80 Å². The van der Waals surface area contributed by atoms with Crippen LogP contribution in [-0.4, -0.2) is 22.4 Å². The monoisotopic (exact) mass is 448 g/mol. The zero-order valence-electron chi connectivity index (χ0n) is 13.4. The van der Waals surface area contributed by atoms with Gasteiger partial charge in [-0.05, 0) is 45.8 Å². The van der Waals surface area contributed by atoms with Crippen LogP contribution in [-0.2, 0) is 0 Å². The fraction of sp³-hybridized carbons (Fsp3) is 0.0588. The van der Waals surface area contributed by atoms with Crippen LogP contribution in [0.15, 0.2) is 68.3 Å². The van der Waals surface area contributed by atoms with Crippen LogP contribution >= 0.6 is 38.6 Å². The molecular weight excluding hydrogens is 436 g/mol. The Morgan fingerprint density at radius 1 is 1.27 bits per heavy atom. The van der Waals surface area contributed by atoms with Crippen molar-refractivity contribution < 1.29 is 4.92 Å². The molecule has 0 fully saturated rings. The van der Waals surface area contributed by atoms with E-state index in [0.717, 1.165) is 24.7 Å². The number of thiophene rings is 1. The average Bonchev–Trinajstić information content (AvgIpc) is 3.24. The second-order valence-corrected chi connectivity index (χ2v) is 8.34. The largest absolute Gasteiger partial charge is 0.269 e. The van der Waals surface area contributed by atoms with E-state index in [2.05, 4.69) is 32.6 Å². The van der Waals surface area contributed by atoms with Gasteiger partial charge >= 0.3 is 0 Å². The fourth-order valence-corrected chi connectivity index (χ4v) is 4.39. The van der Waals surface area contributed by atoms with Gasteiger partial charge in [-0.3, -0.25) is 15.1 Å². The molecule has 6 nitrogen and oxygen atoms in total. The van der Waals surface area contributed by atoms with E-state index in [1.54, 1.807) is 40.4 Å². The van der Waals surface area contributed by atoms with Gasteiger partial charge < -0.3 is 0 Å². The Balaban J connectivity index is 2.00. The normalized spacial score (nSPS) is 12.0. The first kappa shape index (κ1) is 18.4. The van der Waals surface area contributed by atoms with E-state index in [1.807, 2.05) is 17.5 Å². The highest BCUT2D eigenvalue weighted by atomic mass is 79.9. The Morgan fingerprint density at radius 2 is 2.04 bits per heavy atom. The molecule has 0 aliphatic rings. The lowest BCUT2D eigenvalue weighted by atomic mass is 10.2. The molecule has 0 spiro atoms. The van der Waals surface area contributed by atoms with Crippen molar-refractivity contribution in [1.29, 1.82) is 0 Å². The standard InChI is InChI=1S/C17H13BrN4O2S2/c1-2-9-19-17-21(14(11-25-17)15-7-8-16(18)26-15)20-10-12-3-5-13(6-4-12)22(23)24/h2-8,10-11H,1,9H2/b19-17?,20-10-. The van der Waals surface area contributed by atoms with Gasteiger partial charge in [-0.15, -0.1) is 29.3 Å². The number of thiazole rings is 1. The molecule has 0 bridgehead atoms. The molecule has 1 aromatic carbocycles. The van der Waals surface area contributed by atoms with Gasteiger partial charge in [0.05, 0.1) is 32.0 Å². The van der Waals surface area contributed by atoms with Gasteiger partial charge in [0.1, 0.15) is 0 Å². The number of hydrogen-bond donors (Lipinski definition) is 0. The first-order valence-corrected chi connectivity index (χ1v) is 9.94. The number of hydrogen-bond acceptors (Lipinski definition) is 6. The number of non-ortho nitro benzene ring substituents is 1. The van der Waals surface area contributed by atoms with Gasteiger partial charge in [-0.25, -0.2) is 4.68 Å². The molecule has 2 aromatic heterocycles. The molecule has 0 aliphatic heterocycles. The highest BCUT2D eigenvalue weighted by Crippen LogP contribution is 2.31. The second-order valence-electron chi connectivity index (χ2n) is 5.04. The summed E-state index contributed by atoms with van der Waals surface area (Å²) in [6.45, 7) is 4.19. The molecule has 9 heteroatoms. The van der Waals surface area contributed by atoms with Gasteiger partial charge in [-0.2, -0.15) is 5.10 Å². The molecule has 0 aliphatic carbocycles. The van der Waals surface area contributed by atoms with E-state index in [1.165, 1.54) is 23.5 Å². The minimum absolute atomic E-state index is 0.0520. The summed E-state index contributed by atoms with van der Waals surface area (Å²) in [5.41, 5.74) is 1.75. The van der Waals surface area contributed by atoms with Crippen molar-refractivity contribution in [3.8, 4) is 10.6 Å². The van der Waals surface area contributed by atoms with Crippen molar-refractivity contribution >= 4 is 50.5 Å². The molecule has 0 N–H and O–H groups in total. The number of rotatable bonds is 6. The minimum Gasteiger partial charge on any atom is -0.258 e. The van der Waals surface area contributed by atoms with Gasteiger partial charge in [0, 0.05) is 17.5 Å². The molecule has 0 radical (unpaired) electrons. The van der Waals surface area contributed by atoms with Gasteiger partial charge in [0.25, 0.3) is 5.69 Å². The molecule has 0 amide bonds. The van der Waals surface area contributed by atoms with E-state index in [4.69, 9.17) is 0 Å². The van der Waals surface area contributed by atoms with Gasteiger partial charge in [0.15, 0.2) is 0 Å². The summed E-state index contributed by atoms with van der Waals surface area (Å²) in [7, 11) is 0. The second kappa shape index (κ2) is 8.35. The number of nitrogens with zero attached hydrogens (tertiary/aromatic N) is 4. The maximum Gasteiger partial charge on any atom is 0.269 e. The summed E-state index contributed by atoms with van der Waals surface area (Å²) >= 11 is 6.59. The summed E-state index contributed by atoms with van der Waals surface area (Å²) in [6, 6.07) is 10.3. The average molecular weight is 449 g/mol. The van der Waals surface area contributed by atoms with Crippen molar-refractivity contribution in [3.63, 3.8) is 0 Å². The van der Waals surface area contributed by atoms with E-state index >= 15 is 0 Å². The fourth-order valence-electron chi connectivity index (χ4n) is 2.09. The highest BCUT2D eigenvalue weighted by Gasteiger charge is 2.10. The smallest absolute Gasteiger partial charge is 0.258 e. The van der Waals surface area contributed by atoms with Crippen LogP contribution in [0.4, 0.5) is 5.69 Å². The Labute approximate surface area is 165 Å². The summed E-state index contributed by atoms with van der Waals surface area (Å²) in [4.78, 5) is 16.6. The number of halogens is 1. The first-order chi connectivity index (χ1) is 12.6. The lowest BCUT2D eigenvalue weighted by molar-refractivity contribution is -0.384. The molecule has 0 saturated heterocycles. The van der Waals surface area contributed by atoms with E-state index in [0.29, 0.717) is 6.54 Å². The Bertz CT molecular complexity index is 1030. The lowest BCUT2D eigenvalue weighted by Gasteiger charge is -2.01. The zero-order valence-corrected chi connectivity index (χ0v) is 16.6. The summed E-state index contributed by atoms with van der Waals surface area (Å²) in [5, 5.41) is 17.3. The predicted octanol–water partition coefficient (Wildman–Crippen LogP) is 4.92. The summed E-state index contributed by atoms with van der Waals surface area (Å²) < 4.78 is 2.81. The van der Waals surface area contributed by atoms with Crippen molar-refractivity contribution in [2.24, 2.45) is 10.1 Å². The number of benzene rings is 1. The van der Waals surface area contributed by atoms with Crippen LogP contribution in [0.5, 0.6) is 0 Å². The van der Waals surface area contributed by atoms with E-state index in [-0.39, 0.29) is 5.69 Å². The van der Waals surface area contributed by atoms with Crippen LogP contribution in [0, 0.1) is 10.1 Å². The van der Waals surface area contributed by atoms with Crippen molar-refractivity contribution in [2.45, 2.75) is 0 Å². The van der Waals surface area contributed by atoms with Crippen LogP contribution in [0.2, 0.25) is 0 Å². The molecule has 2 heterocycles. The Morgan fingerprint density at radius 3 is 2.65 bits per heavy atom. The third-order valence-electron chi connectivity index (χ3n) is 3.29. The third kappa shape index (κ3) is 4.24. The quantitative estimate of drug-likeness (QED) is 0.232. The van der Waals surface area contributed by atoms with Gasteiger partial charge in [-0.1, -0.05) is 6.08 Å². The Hall–Kier alpha value is -2.36. The third-order valence-corrected chi connectivity index (χ3v) is 5.79. The zero-order chi connectivity index (χ0) is 18.5. The SMILES string of the molecule is C=CCN=c1scc(-c2ccc(Br)s2)n1/N=C\c1ccc([N+](=O)[O-])cc1. The molecule has 0 unspecified atom stereocenters. The van der Waals surface area contributed by atoms with Crippen LogP contribution < -0.4 is 4.80 Å². The van der Waals surface area contributed by atoms with Crippen LogP contribution in [0.3, 0.4) is 0 Å². The molecule has 26 heavy (non-hydrogen) atoms.